The first-order valence-corrected chi connectivity index (χ1v) is 7.16. The van der Waals surface area contributed by atoms with Crippen LogP contribution in [0.5, 0.6) is 0 Å². The molecule has 9 nitrogen and oxygen atoms in total. The number of thiol groups is 3. The summed E-state index contributed by atoms with van der Waals surface area (Å²) in [6, 6.07) is -2.78. The van der Waals surface area contributed by atoms with Crippen LogP contribution in [0.15, 0.2) is 0 Å². The number of nitrogens with two attached hydrogens (primary N) is 3. The van der Waals surface area contributed by atoms with E-state index in [1.54, 1.807) is 0 Å². The number of carbonyl (C=O) groups excluding carboxylic acids is 3. The van der Waals surface area contributed by atoms with E-state index in [1.807, 2.05) is 0 Å². The Hall–Kier alpha value is -0.141. The Kier molecular flexibility index (Phi) is 25.6. The second-order valence-electron chi connectivity index (χ2n) is 3.32. The molecule has 0 heterocycles. The molecule has 0 spiro atoms. The van der Waals surface area contributed by atoms with Crippen molar-refractivity contribution in [3.05, 3.63) is 0 Å². The summed E-state index contributed by atoms with van der Waals surface area (Å²) in [6.07, 6.45) is 0. The Balaban J connectivity index is -0.000000108. The molecule has 13 heteroatoms. The van der Waals surface area contributed by atoms with Crippen molar-refractivity contribution in [3.8, 4) is 0 Å². The van der Waals surface area contributed by atoms with Gasteiger partial charge in [-0.2, -0.15) is 37.9 Å². The molecule has 0 aliphatic rings. The van der Waals surface area contributed by atoms with Gasteiger partial charge in [0.05, 0.1) is 36.0 Å². The minimum atomic E-state index is -1.25. The van der Waals surface area contributed by atoms with Gasteiger partial charge in [0.25, 0.3) is 0 Å². The first-order chi connectivity index (χ1) is 9.54. The molecule has 0 aromatic rings. The Morgan fingerprint density at radius 1 is 0.682 bits per heavy atom. The first kappa shape index (κ1) is 29.8. The van der Waals surface area contributed by atoms with Crippen molar-refractivity contribution in [2.75, 3.05) is 17.3 Å². The van der Waals surface area contributed by atoms with Gasteiger partial charge in [-0.3, -0.25) is 0 Å². The topological polar surface area (TPSA) is 198 Å². The van der Waals surface area contributed by atoms with Gasteiger partial charge in [0, 0.05) is 17.3 Å². The molecule has 6 N–H and O–H groups in total. The quantitative estimate of drug-likeness (QED) is 0.180. The predicted octanol–water partition coefficient (Wildman–Crippen LogP) is -6.02. The summed E-state index contributed by atoms with van der Waals surface area (Å²) in [5.74, 6) is -3.38. The predicted molar refractivity (Wildman–Crippen MR) is 80.5 cm³/mol. The van der Waals surface area contributed by atoms with Crippen LogP contribution in [0, 0.1) is 0 Å². The fourth-order valence-corrected chi connectivity index (χ4v) is 0.671. The van der Waals surface area contributed by atoms with E-state index >= 15 is 0 Å². The van der Waals surface area contributed by atoms with E-state index in [0.717, 1.165) is 0 Å². The van der Waals surface area contributed by atoms with Gasteiger partial charge >= 0.3 is 17.1 Å². The molecule has 0 aromatic heterocycles. The minimum Gasteiger partial charge on any atom is -0.548 e. The molecular weight excluding hydrogens is 398 g/mol. The fourth-order valence-electron chi connectivity index (χ4n) is 0.224. The molecule has 0 aliphatic carbocycles. The number of carboxylic acid groups (broad SMARTS) is 3. The third-order valence-corrected chi connectivity index (χ3v) is 2.68. The summed E-state index contributed by atoms with van der Waals surface area (Å²) in [7, 11) is 0. The molecule has 0 saturated carbocycles. The number of rotatable bonds is 6. The average molecular weight is 416 g/mol. The van der Waals surface area contributed by atoms with E-state index in [-0.39, 0.29) is 34.3 Å². The Morgan fingerprint density at radius 2 is 0.818 bits per heavy atom. The maximum absolute atomic E-state index is 9.65. The van der Waals surface area contributed by atoms with Crippen molar-refractivity contribution in [2.24, 2.45) is 17.2 Å². The van der Waals surface area contributed by atoms with E-state index < -0.39 is 36.0 Å². The van der Waals surface area contributed by atoms with Crippen LogP contribution in [0.25, 0.3) is 0 Å². The fraction of sp³-hybridized carbons (Fsp3) is 0.667. The molecule has 3 unspecified atom stereocenters. The number of carbonyl (C=O) groups is 3. The standard InChI is InChI=1S/3C3H7NO2S.Fe/c3*4-2(1-7)3(5)6;/h3*2,7H,1,4H2,(H,5,6);/q;;;+3/p-3. The van der Waals surface area contributed by atoms with Gasteiger partial charge in [-0.05, 0) is 0 Å². The summed E-state index contributed by atoms with van der Waals surface area (Å²) in [4.78, 5) is 28.9. The molecular formula is C9H18FeN3O6S3. The van der Waals surface area contributed by atoms with Gasteiger partial charge in [-0.1, -0.05) is 0 Å². The average Bonchev–Trinajstić information content (AvgIpc) is 2.45. The third-order valence-electron chi connectivity index (χ3n) is 1.50. The molecule has 3 atom stereocenters. The van der Waals surface area contributed by atoms with Crippen molar-refractivity contribution < 1.29 is 46.8 Å². The van der Waals surface area contributed by atoms with E-state index in [0.29, 0.717) is 0 Å². The van der Waals surface area contributed by atoms with Crippen LogP contribution in [0.1, 0.15) is 0 Å². The SMILES string of the molecule is NC(CS)C(=O)[O-].NC(CS)C(=O)[O-].NC(CS)C(=O)[O-].[Fe+3]. The molecule has 0 saturated heterocycles. The van der Waals surface area contributed by atoms with Gasteiger partial charge in [0.1, 0.15) is 0 Å². The number of carboxylic acids is 3. The van der Waals surface area contributed by atoms with Crippen LogP contribution in [-0.4, -0.2) is 53.3 Å². The van der Waals surface area contributed by atoms with Crippen LogP contribution in [0.4, 0.5) is 0 Å². The summed E-state index contributed by atoms with van der Waals surface area (Å²) < 4.78 is 0. The molecule has 0 amide bonds. The summed E-state index contributed by atoms with van der Waals surface area (Å²) >= 11 is 10.8. The molecule has 0 fully saturated rings. The first-order valence-electron chi connectivity index (χ1n) is 5.26. The summed E-state index contributed by atoms with van der Waals surface area (Å²) in [5.41, 5.74) is 14.6. The zero-order valence-corrected chi connectivity index (χ0v) is 15.0. The van der Waals surface area contributed by atoms with Crippen LogP contribution >= 0.6 is 37.9 Å². The normalized spacial score (nSPS) is 12.8. The maximum Gasteiger partial charge on any atom is 3.00 e. The van der Waals surface area contributed by atoms with E-state index in [4.69, 9.17) is 17.2 Å². The van der Waals surface area contributed by atoms with Crippen molar-refractivity contribution in [2.45, 2.75) is 18.1 Å². The second-order valence-corrected chi connectivity index (χ2v) is 4.42. The van der Waals surface area contributed by atoms with Gasteiger partial charge in [-0.25, -0.2) is 0 Å². The van der Waals surface area contributed by atoms with Crippen LogP contribution < -0.4 is 32.5 Å². The largest absolute Gasteiger partial charge is 3.00 e. The van der Waals surface area contributed by atoms with E-state index in [1.165, 1.54) is 0 Å². The number of hydrogen-bond acceptors (Lipinski definition) is 12. The Labute approximate surface area is 155 Å². The van der Waals surface area contributed by atoms with Crippen molar-refractivity contribution in [1.29, 1.82) is 0 Å². The van der Waals surface area contributed by atoms with Crippen molar-refractivity contribution >= 4 is 55.8 Å². The smallest absolute Gasteiger partial charge is 0.548 e. The maximum atomic E-state index is 9.65. The number of hydrogen-bond donors (Lipinski definition) is 6. The summed E-state index contributed by atoms with van der Waals surface area (Å²) in [6.45, 7) is 0. The monoisotopic (exact) mass is 416 g/mol. The molecule has 0 rings (SSSR count). The molecule has 22 heavy (non-hydrogen) atoms. The van der Waals surface area contributed by atoms with Crippen LogP contribution in [-0.2, 0) is 31.5 Å². The van der Waals surface area contributed by atoms with Crippen molar-refractivity contribution in [1.82, 2.24) is 0 Å². The van der Waals surface area contributed by atoms with E-state index in [9.17, 15) is 29.7 Å². The second kappa shape index (κ2) is 18.9. The Morgan fingerprint density at radius 3 is 0.818 bits per heavy atom. The zero-order valence-electron chi connectivity index (χ0n) is 11.2. The minimum absolute atomic E-state index is 0. The van der Waals surface area contributed by atoms with Gasteiger partial charge in [-0.15, -0.1) is 0 Å². The van der Waals surface area contributed by atoms with Gasteiger partial charge < -0.3 is 46.9 Å². The molecule has 0 aromatic carbocycles. The number of aliphatic carboxylic acids is 3. The zero-order chi connectivity index (χ0) is 17.6. The third kappa shape index (κ3) is 22.1. The molecule has 1 radical (unpaired) electrons. The molecule has 131 valence electrons. The van der Waals surface area contributed by atoms with Crippen LogP contribution in [0.3, 0.4) is 0 Å². The van der Waals surface area contributed by atoms with Gasteiger partial charge in [0.15, 0.2) is 0 Å². The van der Waals surface area contributed by atoms with Crippen molar-refractivity contribution in [3.63, 3.8) is 0 Å². The Bertz CT molecular complexity index is 279. The van der Waals surface area contributed by atoms with Gasteiger partial charge in [0.2, 0.25) is 0 Å². The van der Waals surface area contributed by atoms with E-state index in [2.05, 4.69) is 37.9 Å². The molecule has 0 bridgehead atoms. The summed E-state index contributed by atoms with van der Waals surface area (Å²) in [5, 5.41) is 28.9. The molecule has 0 aliphatic heterocycles. The van der Waals surface area contributed by atoms with Crippen LogP contribution in [0.2, 0.25) is 0 Å².